The highest BCUT2D eigenvalue weighted by molar-refractivity contribution is 5.91. The molecule has 1 saturated carbocycles. The third-order valence-electron chi connectivity index (χ3n) is 4.14. The van der Waals surface area contributed by atoms with Crippen molar-refractivity contribution in [3.05, 3.63) is 0 Å². The maximum Gasteiger partial charge on any atom is 0.307 e. The molecule has 0 radical (unpaired) electrons. The van der Waals surface area contributed by atoms with Crippen LogP contribution < -0.4 is 0 Å². The van der Waals surface area contributed by atoms with Crippen LogP contribution in [0.5, 0.6) is 0 Å². The number of carboxylic acid groups (broad SMARTS) is 1. The van der Waals surface area contributed by atoms with Gasteiger partial charge in [-0.3, -0.25) is 9.59 Å². The number of rotatable bonds is 2. The van der Waals surface area contributed by atoms with Crippen molar-refractivity contribution in [2.45, 2.75) is 32.8 Å². The van der Waals surface area contributed by atoms with Gasteiger partial charge in [0.15, 0.2) is 0 Å². The zero-order chi connectivity index (χ0) is 12.8. The number of hydrogen-bond acceptors (Lipinski definition) is 3. The number of carbonyl (C=O) groups is 2. The van der Waals surface area contributed by atoms with Gasteiger partial charge in [-0.2, -0.15) is 0 Å². The van der Waals surface area contributed by atoms with Crippen LogP contribution >= 0.6 is 0 Å². The minimum Gasteiger partial charge on any atom is -0.481 e. The van der Waals surface area contributed by atoms with Gasteiger partial charge < -0.3 is 15.1 Å². The molecule has 2 rings (SSSR count). The normalized spacial score (nSPS) is 32.3. The maximum atomic E-state index is 12.2. The lowest BCUT2D eigenvalue weighted by atomic mass is 10.1. The molecular formula is C12H19NO4. The van der Waals surface area contributed by atoms with Crippen LogP contribution in [0.15, 0.2) is 0 Å². The van der Waals surface area contributed by atoms with E-state index < -0.39 is 23.2 Å². The average molecular weight is 241 g/mol. The Morgan fingerprint density at radius 2 is 1.71 bits per heavy atom. The van der Waals surface area contributed by atoms with Crippen molar-refractivity contribution < 1.29 is 19.8 Å². The molecule has 2 fully saturated rings. The molecule has 0 spiro atoms. The number of carbonyl (C=O) groups excluding carboxylic acids is 1. The second-order valence-electron chi connectivity index (χ2n) is 5.67. The molecule has 96 valence electrons. The van der Waals surface area contributed by atoms with Gasteiger partial charge in [0.2, 0.25) is 5.91 Å². The smallest absolute Gasteiger partial charge is 0.307 e. The van der Waals surface area contributed by atoms with E-state index in [-0.39, 0.29) is 12.0 Å². The van der Waals surface area contributed by atoms with E-state index in [1.54, 1.807) is 4.90 Å². The molecule has 0 unspecified atom stereocenters. The highest BCUT2D eigenvalue weighted by Gasteiger charge is 2.66. The predicted molar refractivity (Wildman–Crippen MR) is 60.2 cm³/mol. The molecule has 5 nitrogen and oxygen atoms in total. The van der Waals surface area contributed by atoms with Crippen molar-refractivity contribution in [2.24, 2.45) is 17.3 Å². The molecule has 0 aromatic rings. The molecule has 2 aliphatic rings. The van der Waals surface area contributed by atoms with E-state index in [2.05, 4.69) is 0 Å². The third kappa shape index (κ3) is 2.04. The number of hydrogen-bond donors (Lipinski definition) is 2. The highest BCUT2D eigenvalue weighted by Crippen LogP contribution is 2.59. The standard InChI is InChI=1S/C12H19NO4/c1-12(2)8(9(12)11(16)17)10(15)13-5-3-7(14)4-6-13/h7-9,14H,3-6H2,1-2H3,(H,16,17)/t8-,9+/m1/s1. The minimum atomic E-state index is -0.884. The van der Waals surface area contributed by atoms with Gasteiger partial charge in [0.1, 0.15) is 0 Å². The van der Waals surface area contributed by atoms with E-state index in [1.807, 2.05) is 13.8 Å². The number of likely N-dealkylation sites (tertiary alicyclic amines) is 1. The van der Waals surface area contributed by atoms with Gasteiger partial charge in [-0.25, -0.2) is 0 Å². The molecule has 1 saturated heterocycles. The molecule has 1 aliphatic carbocycles. The summed E-state index contributed by atoms with van der Waals surface area (Å²) in [4.78, 5) is 24.9. The van der Waals surface area contributed by atoms with Gasteiger partial charge in [0.05, 0.1) is 17.9 Å². The lowest BCUT2D eigenvalue weighted by Crippen LogP contribution is -2.41. The van der Waals surface area contributed by atoms with Crippen LogP contribution in [-0.4, -0.2) is 46.2 Å². The molecule has 0 aromatic heterocycles. The molecule has 0 aromatic carbocycles. The zero-order valence-corrected chi connectivity index (χ0v) is 10.2. The van der Waals surface area contributed by atoms with E-state index in [0.717, 1.165) is 0 Å². The van der Waals surface area contributed by atoms with Crippen molar-refractivity contribution in [2.75, 3.05) is 13.1 Å². The Bertz CT molecular complexity index is 344. The second-order valence-corrected chi connectivity index (χ2v) is 5.67. The van der Waals surface area contributed by atoms with E-state index in [9.17, 15) is 14.7 Å². The fourth-order valence-corrected chi connectivity index (χ4v) is 2.84. The Labute approximate surface area is 100 Å². The summed E-state index contributed by atoms with van der Waals surface area (Å²) in [5.74, 6) is -1.89. The lowest BCUT2D eigenvalue weighted by molar-refractivity contribution is -0.142. The fourth-order valence-electron chi connectivity index (χ4n) is 2.84. The molecule has 1 amide bonds. The first-order chi connectivity index (χ1) is 7.85. The molecule has 5 heteroatoms. The second kappa shape index (κ2) is 3.98. The SMILES string of the molecule is CC1(C)[C@H](C(=O)O)[C@@H]1C(=O)N1CCC(O)CC1. The predicted octanol–water partition coefficient (Wildman–Crippen LogP) is 0.326. The largest absolute Gasteiger partial charge is 0.481 e. The van der Waals surface area contributed by atoms with Gasteiger partial charge in [0, 0.05) is 13.1 Å². The number of amides is 1. The van der Waals surface area contributed by atoms with E-state index in [4.69, 9.17) is 5.11 Å². The zero-order valence-electron chi connectivity index (χ0n) is 10.2. The first kappa shape index (κ1) is 12.4. The van der Waals surface area contributed by atoms with Crippen LogP contribution in [-0.2, 0) is 9.59 Å². The molecule has 0 bridgehead atoms. The lowest BCUT2D eigenvalue weighted by Gasteiger charge is -2.30. The first-order valence-corrected chi connectivity index (χ1v) is 6.05. The summed E-state index contributed by atoms with van der Waals surface area (Å²) in [5, 5.41) is 18.4. The molecule has 1 heterocycles. The Balaban J connectivity index is 2.00. The van der Waals surface area contributed by atoms with Crippen LogP contribution in [0.4, 0.5) is 0 Å². The summed E-state index contributed by atoms with van der Waals surface area (Å²) in [6.45, 7) is 4.73. The molecule has 2 atom stereocenters. The number of carboxylic acids is 1. The van der Waals surface area contributed by atoms with Crippen molar-refractivity contribution in [3.8, 4) is 0 Å². The summed E-state index contributed by atoms with van der Waals surface area (Å²) in [6.07, 6.45) is 0.870. The summed E-state index contributed by atoms with van der Waals surface area (Å²) >= 11 is 0. The van der Waals surface area contributed by atoms with Gasteiger partial charge in [-0.1, -0.05) is 13.8 Å². The first-order valence-electron chi connectivity index (χ1n) is 6.05. The fraction of sp³-hybridized carbons (Fsp3) is 0.833. The van der Waals surface area contributed by atoms with Crippen molar-refractivity contribution in [1.82, 2.24) is 4.90 Å². The molecular weight excluding hydrogens is 222 g/mol. The van der Waals surface area contributed by atoms with Crippen molar-refractivity contribution >= 4 is 11.9 Å². The molecule has 17 heavy (non-hydrogen) atoms. The minimum absolute atomic E-state index is 0.0608. The maximum absolute atomic E-state index is 12.2. The number of aliphatic carboxylic acids is 1. The van der Waals surface area contributed by atoms with Gasteiger partial charge in [-0.05, 0) is 18.3 Å². The van der Waals surface area contributed by atoms with Crippen molar-refractivity contribution in [3.63, 3.8) is 0 Å². The number of piperidine rings is 1. The highest BCUT2D eigenvalue weighted by atomic mass is 16.4. The number of aliphatic hydroxyl groups is 1. The molecule has 2 N–H and O–H groups in total. The van der Waals surface area contributed by atoms with Gasteiger partial charge in [0.25, 0.3) is 0 Å². The Morgan fingerprint density at radius 3 is 2.12 bits per heavy atom. The third-order valence-corrected chi connectivity index (χ3v) is 4.14. The summed E-state index contributed by atoms with van der Waals surface area (Å²) in [5.41, 5.74) is -0.432. The quantitative estimate of drug-likeness (QED) is 0.730. The van der Waals surface area contributed by atoms with Crippen LogP contribution in [0.3, 0.4) is 0 Å². The molecule has 1 aliphatic heterocycles. The Morgan fingerprint density at radius 1 is 1.18 bits per heavy atom. The van der Waals surface area contributed by atoms with Crippen LogP contribution in [0.2, 0.25) is 0 Å². The summed E-state index contributed by atoms with van der Waals surface area (Å²) in [7, 11) is 0. The topological polar surface area (TPSA) is 77.8 Å². The van der Waals surface area contributed by atoms with Crippen LogP contribution in [0, 0.1) is 17.3 Å². The van der Waals surface area contributed by atoms with Crippen LogP contribution in [0.1, 0.15) is 26.7 Å². The van der Waals surface area contributed by atoms with Crippen LogP contribution in [0.25, 0.3) is 0 Å². The van der Waals surface area contributed by atoms with E-state index in [1.165, 1.54) is 0 Å². The number of aliphatic hydroxyl groups excluding tert-OH is 1. The Hall–Kier alpha value is -1.10. The van der Waals surface area contributed by atoms with Crippen molar-refractivity contribution in [1.29, 1.82) is 0 Å². The monoisotopic (exact) mass is 241 g/mol. The van der Waals surface area contributed by atoms with Gasteiger partial charge >= 0.3 is 5.97 Å². The Kier molecular flexibility index (Phi) is 2.89. The average Bonchev–Trinajstić information content (AvgIpc) is 2.82. The van der Waals surface area contributed by atoms with E-state index >= 15 is 0 Å². The number of nitrogens with zero attached hydrogens (tertiary/aromatic N) is 1. The van der Waals surface area contributed by atoms with Gasteiger partial charge in [-0.15, -0.1) is 0 Å². The summed E-state index contributed by atoms with van der Waals surface area (Å²) in [6, 6.07) is 0. The van der Waals surface area contributed by atoms with E-state index in [0.29, 0.717) is 25.9 Å². The summed E-state index contributed by atoms with van der Waals surface area (Å²) < 4.78 is 0.